The van der Waals surface area contributed by atoms with Crippen molar-refractivity contribution in [2.24, 2.45) is 0 Å². The highest BCUT2D eigenvalue weighted by atomic mass is 16.5. The van der Waals surface area contributed by atoms with Gasteiger partial charge in [-0.2, -0.15) is 0 Å². The Morgan fingerprint density at radius 2 is 2.00 bits per heavy atom. The van der Waals surface area contributed by atoms with Gasteiger partial charge in [-0.15, -0.1) is 0 Å². The van der Waals surface area contributed by atoms with Crippen LogP contribution in [0.3, 0.4) is 0 Å². The van der Waals surface area contributed by atoms with Crippen LogP contribution in [0, 0.1) is 0 Å². The number of fused-ring (bicyclic) bond motifs is 3. The summed E-state index contributed by atoms with van der Waals surface area (Å²) in [7, 11) is 0. The van der Waals surface area contributed by atoms with E-state index in [0.717, 1.165) is 73.3 Å². The number of rotatable bonds is 8. The molecule has 0 aromatic carbocycles. The molecule has 3 aromatic rings. The van der Waals surface area contributed by atoms with E-state index in [1.807, 2.05) is 24.5 Å². The number of unbranched alkanes of at least 4 members (excludes halogenated alkanes) is 1. The van der Waals surface area contributed by atoms with Crippen molar-refractivity contribution >= 4 is 22.1 Å². The lowest BCUT2D eigenvalue weighted by molar-refractivity contribution is 0.130. The van der Waals surface area contributed by atoms with Gasteiger partial charge in [0.2, 0.25) is 0 Å². The summed E-state index contributed by atoms with van der Waals surface area (Å²) in [6.45, 7) is 6.92. The van der Waals surface area contributed by atoms with Gasteiger partial charge in [0.05, 0.1) is 17.2 Å². The minimum Gasteiger partial charge on any atom is -0.381 e. The summed E-state index contributed by atoms with van der Waals surface area (Å²) < 4.78 is 7.88. The topological polar surface area (TPSA) is 52.8 Å². The zero-order valence-corrected chi connectivity index (χ0v) is 14.0. The van der Waals surface area contributed by atoms with Crippen molar-refractivity contribution < 1.29 is 4.74 Å². The van der Waals surface area contributed by atoms with Crippen molar-refractivity contribution in [3.63, 3.8) is 0 Å². The van der Waals surface area contributed by atoms with E-state index in [-0.39, 0.29) is 0 Å². The van der Waals surface area contributed by atoms with Gasteiger partial charge in [0.15, 0.2) is 0 Å². The van der Waals surface area contributed by atoms with E-state index in [4.69, 9.17) is 9.72 Å². The van der Waals surface area contributed by atoms with Crippen molar-refractivity contribution in [3.05, 3.63) is 30.4 Å². The van der Waals surface area contributed by atoms with E-state index in [2.05, 4.69) is 28.4 Å². The van der Waals surface area contributed by atoms with Crippen LogP contribution < -0.4 is 0 Å². The fourth-order valence-electron chi connectivity index (χ4n) is 2.90. The van der Waals surface area contributed by atoms with Crippen LogP contribution in [0.5, 0.6) is 0 Å². The molecule has 23 heavy (non-hydrogen) atoms. The Morgan fingerprint density at radius 3 is 2.83 bits per heavy atom. The summed E-state index contributed by atoms with van der Waals surface area (Å²) >= 11 is 0. The normalized spacial score (nSPS) is 11.6. The number of pyridine rings is 2. The molecule has 0 spiro atoms. The number of imidazole rings is 1. The van der Waals surface area contributed by atoms with Crippen molar-refractivity contribution in [2.45, 2.75) is 46.1 Å². The first kappa shape index (κ1) is 15.9. The first-order chi connectivity index (χ1) is 11.3. The molecule has 0 unspecified atom stereocenters. The van der Waals surface area contributed by atoms with Gasteiger partial charge in [0.1, 0.15) is 16.9 Å². The molecule has 0 amide bonds. The number of hydrogen-bond acceptors (Lipinski definition) is 4. The molecule has 5 heteroatoms. The van der Waals surface area contributed by atoms with Gasteiger partial charge in [-0.25, -0.2) is 4.98 Å². The molecule has 0 N–H and O–H groups in total. The van der Waals surface area contributed by atoms with Crippen molar-refractivity contribution in [2.75, 3.05) is 13.2 Å². The maximum Gasteiger partial charge on any atom is 0.115 e. The zero-order chi connectivity index (χ0) is 16.1. The second kappa shape index (κ2) is 7.51. The van der Waals surface area contributed by atoms with Crippen LogP contribution in [0.15, 0.2) is 24.5 Å². The fraction of sp³-hybridized carbons (Fsp3) is 0.500. The van der Waals surface area contributed by atoms with Crippen LogP contribution >= 0.6 is 0 Å². The van der Waals surface area contributed by atoms with Gasteiger partial charge in [0, 0.05) is 32.4 Å². The third-order valence-corrected chi connectivity index (χ3v) is 4.00. The van der Waals surface area contributed by atoms with Crippen LogP contribution in [0.2, 0.25) is 0 Å². The molecular formula is C18H24N4O. The number of aromatic nitrogens is 4. The molecule has 0 aliphatic rings. The predicted octanol–water partition coefficient (Wildman–Crippen LogP) is 3.75. The molecule has 3 aromatic heterocycles. The third-order valence-electron chi connectivity index (χ3n) is 4.00. The SMILES string of the molecule is CCCOCCCCn1c(CC)nc2cnc3cccnc3c21. The fourth-order valence-corrected chi connectivity index (χ4v) is 2.90. The van der Waals surface area contributed by atoms with Gasteiger partial charge < -0.3 is 9.30 Å². The lowest BCUT2D eigenvalue weighted by atomic mass is 10.2. The van der Waals surface area contributed by atoms with E-state index in [0.29, 0.717) is 0 Å². The maximum atomic E-state index is 5.57. The smallest absolute Gasteiger partial charge is 0.115 e. The van der Waals surface area contributed by atoms with Crippen LogP contribution in [0.25, 0.3) is 22.1 Å². The molecule has 0 atom stereocenters. The minimum absolute atomic E-state index is 0.836. The molecule has 122 valence electrons. The Balaban J connectivity index is 1.86. The largest absolute Gasteiger partial charge is 0.381 e. The summed E-state index contributed by atoms with van der Waals surface area (Å²) in [6, 6.07) is 3.93. The Labute approximate surface area is 136 Å². The van der Waals surface area contributed by atoms with E-state index >= 15 is 0 Å². The molecule has 0 aliphatic heterocycles. The van der Waals surface area contributed by atoms with Gasteiger partial charge in [0.25, 0.3) is 0 Å². The zero-order valence-electron chi connectivity index (χ0n) is 14.0. The molecular weight excluding hydrogens is 288 g/mol. The Morgan fingerprint density at radius 1 is 1.09 bits per heavy atom. The lowest BCUT2D eigenvalue weighted by Crippen LogP contribution is -2.05. The quantitative estimate of drug-likeness (QED) is 0.594. The van der Waals surface area contributed by atoms with Crippen molar-refractivity contribution in [1.82, 2.24) is 19.5 Å². The second-order valence-electron chi connectivity index (χ2n) is 5.72. The van der Waals surface area contributed by atoms with E-state index in [1.165, 1.54) is 0 Å². The van der Waals surface area contributed by atoms with Gasteiger partial charge >= 0.3 is 0 Å². The van der Waals surface area contributed by atoms with Gasteiger partial charge in [-0.05, 0) is 31.4 Å². The first-order valence-electron chi connectivity index (χ1n) is 8.51. The third kappa shape index (κ3) is 3.34. The summed E-state index contributed by atoms with van der Waals surface area (Å²) in [5.74, 6) is 1.11. The molecule has 0 fully saturated rings. The molecule has 5 nitrogen and oxygen atoms in total. The highest BCUT2D eigenvalue weighted by molar-refractivity contribution is 5.99. The van der Waals surface area contributed by atoms with Crippen LogP contribution in [-0.2, 0) is 17.7 Å². The maximum absolute atomic E-state index is 5.57. The summed E-state index contributed by atoms with van der Waals surface area (Å²) in [4.78, 5) is 13.7. The highest BCUT2D eigenvalue weighted by Crippen LogP contribution is 2.23. The Hall–Kier alpha value is -2.01. The molecule has 0 aliphatic carbocycles. The molecule has 0 saturated carbocycles. The standard InChI is InChI=1S/C18H24N4O/c1-3-11-23-12-6-5-10-22-16(4-2)21-15-13-20-14-8-7-9-19-17(14)18(15)22/h7-9,13H,3-6,10-12H2,1-2H3. The van der Waals surface area contributed by atoms with Gasteiger partial charge in [-0.1, -0.05) is 13.8 Å². The summed E-state index contributed by atoms with van der Waals surface area (Å²) in [6.07, 6.45) is 7.83. The molecule has 3 rings (SSSR count). The Kier molecular flexibility index (Phi) is 5.18. The monoisotopic (exact) mass is 312 g/mol. The van der Waals surface area contributed by atoms with Crippen molar-refractivity contribution in [1.29, 1.82) is 0 Å². The molecule has 3 heterocycles. The molecule has 0 saturated heterocycles. The lowest BCUT2D eigenvalue weighted by Gasteiger charge is -2.09. The minimum atomic E-state index is 0.836. The average Bonchev–Trinajstić information content (AvgIpc) is 2.96. The van der Waals surface area contributed by atoms with E-state index in [1.54, 1.807) is 0 Å². The Bertz CT molecular complexity index is 781. The summed E-state index contributed by atoms with van der Waals surface area (Å²) in [5.41, 5.74) is 3.92. The van der Waals surface area contributed by atoms with Gasteiger partial charge in [-0.3, -0.25) is 9.97 Å². The number of aryl methyl sites for hydroxylation is 2. The second-order valence-corrected chi connectivity index (χ2v) is 5.72. The van der Waals surface area contributed by atoms with Crippen LogP contribution in [0.1, 0.15) is 38.9 Å². The first-order valence-corrected chi connectivity index (χ1v) is 8.51. The van der Waals surface area contributed by atoms with Crippen molar-refractivity contribution in [3.8, 4) is 0 Å². The highest BCUT2D eigenvalue weighted by Gasteiger charge is 2.13. The van der Waals surface area contributed by atoms with Crippen LogP contribution in [0.4, 0.5) is 0 Å². The van der Waals surface area contributed by atoms with E-state index in [9.17, 15) is 0 Å². The average molecular weight is 312 g/mol. The number of nitrogens with zero attached hydrogens (tertiary/aromatic N) is 4. The van der Waals surface area contributed by atoms with E-state index < -0.39 is 0 Å². The number of hydrogen-bond donors (Lipinski definition) is 0. The van der Waals surface area contributed by atoms with Crippen LogP contribution in [-0.4, -0.2) is 32.7 Å². The number of ether oxygens (including phenoxy) is 1. The summed E-state index contributed by atoms with van der Waals surface area (Å²) in [5, 5.41) is 0. The molecule has 0 radical (unpaired) electrons. The predicted molar refractivity (Wildman–Crippen MR) is 92.6 cm³/mol. The molecule has 0 bridgehead atoms.